The van der Waals surface area contributed by atoms with E-state index in [1.54, 1.807) is 25.5 Å². The molecule has 0 spiro atoms. The zero-order chi connectivity index (χ0) is 13.1. The van der Waals surface area contributed by atoms with Crippen LogP contribution in [0.3, 0.4) is 0 Å². The van der Waals surface area contributed by atoms with Gasteiger partial charge >= 0.3 is 0 Å². The van der Waals surface area contributed by atoms with E-state index in [0.717, 1.165) is 11.3 Å². The zero-order valence-corrected chi connectivity index (χ0v) is 10.2. The van der Waals surface area contributed by atoms with Gasteiger partial charge < -0.3 is 25.4 Å². The van der Waals surface area contributed by atoms with Crippen LogP contribution in [0.15, 0.2) is 18.5 Å². The minimum Gasteiger partial charge on any atom is -0.394 e. The second-order valence-electron chi connectivity index (χ2n) is 4.35. The van der Waals surface area contributed by atoms with Crippen molar-refractivity contribution in [1.82, 2.24) is 4.98 Å². The number of ether oxygens (including phenoxy) is 1. The fraction of sp³-hybridized carbons (Fsp3) is 0.583. The Morgan fingerprint density at radius 2 is 2.28 bits per heavy atom. The highest BCUT2D eigenvalue weighted by molar-refractivity contribution is 5.49. The van der Waals surface area contributed by atoms with Gasteiger partial charge in [-0.25, -0.2) is 0 Å². The van der Waals surface area contributed by atoms with Crippen molar-refractivity contribution >= 4 is 5.69 Å². The van der Waals surface area contributed by atoms with Crippen molar-refractivity contribution in [2.45, 2.75) is 30.8 Å². The second kappa shape index (κ2) is 5.62. The van der Waals surface area contributed by atoms with Crippen molar-refractivity contribution in [3.05, 3.63) is 24.0 Å². The Morgan fingerprint density at radius 3 is 2.94 bits per heavy atom. The Hall–Kier alpha value is -1.21. The number of hydrogen-bond donors (Lipinski definition) is 4. The third kappa shape index (κ3) is 2.46. The lowest BCUT2D eigenvalue weighted by atomic mass is 9.94. The fourth-order valence-electron chi connectivity index (χ4n) is 2.20. The Balaban J connectivity index is 2.23. The van der Waals surface area contributed by atoms with Crippen LogP contribution in [0.2, 0.25) is 0 Å². The van der Waals surface area contributed by atoms with Crippen LogP contribution in [0.25, 0.3) is 0 Å². The zero-order valence-electron chi connectivity index (χ0n) is 10.2. The molecule has 0 amide bonds. The van der Waals surface area contributed by atoms with E-state index in [-0.39, 0.29) is 19.1 Å². The molecular formula is C12H18N2O4. The van der Waals surface area contributed by atoms with Gasteiger partial charge in [0.1, 0.15) is 12.2 Å². The van der Waals surface area contributed by atoms with E-state index in [4.69, 9.17) is 9.84 Å². The lowest BCUT2D eigenvalue weighted by molar-refractivity contribution is -0.181. The van der Waals surface area contributed by atoms with Crippen LogP contribution in [0.1, 0.15) is 18.1 Å². The molecule has 2 heterocycles. The first-order valence-electron chi connectivity index (χ1n) is 5.91. The summed E-state index contributed by atoms with van der Waals surface area (Å²) in [6, 6.07) is 1.80. The van der Waals surface area contributed by atoms with Crippen LogP contribution in [-0.4, -0.2) is 52.3 Å². The number of rotatable bonds is 3. The molecule has 1 aliphatic heterocycles. The standard InChI is InChI=1S/C12H18N2O4/c1-13-8-5-14-3-2-7(8)10-4-9(16)12(17)11(6-15)18-10/h2-3,5,9-13,15-17H,4,6H2,1H3/t9?,10-,11+,12-/m0/s1. The third-order valence-electron chi connectivity index (χ3n) is 3.22. The molecule has 0 aliphatic carbocycles. The number of anilines is 1. The molecule has 0 bridgehead atoms. The van der Waals surface area contributed by atoms with Gasteiger partial charge in [-0.3, -0.25) is 4.98 Å². The molecule has 1 aromatic rings. The molecular weight excluding hydrogens is 236 g/mol. The van der Waals surface area contributed by atoms with E-state index in [9.17, 15) is 10.2 Å². The Kier molecular flexibility index (Phi) is 4.13. The summed E-state index contributed by atoms with van der Waals surface area (Å²) in [7, 11) is 1.78. The molecule has 4 N–H and O–H groups in total. The van der Waals surface area contributed by atoms with E-state index >= 15 is 0 Å². The molecule has 6 nitrogen and oxygen atoms in total. The number of aliphatic hydroxyl groups is 3. The van der Waals surface area contributed by atoms with E-state index in [0.29, 0.717) is 0 Å². The first-order chi connectivity index (χ1) is 8.67. The summed E-state index contributed by atoms with van der Waals surface area (Å²) in [4.78, 5) is 4.00. The molecule has 4 atom stereocenters. The lowest BCUT2D eigenvalue weighted by Crippen LogP contribution is -2.47. The average Bonchev–Trinajstić information content (AvgIpc) is 2.41. The number of aliphatic hydroxyl groups excluding tert-OH is 3. The molecule has 2 rings (SSSR count). The summed E-state index contributed by atoms with van der Waals surface area (Å²) < 4.78 is 5.62. The summed E-state index contributed by atoms with van der Waals surface area (Å²) in [6.45, 7) is -0.325. The van der Waals surface area contributed by atoms with Crippen molar-refractivity contribution in [2.24, 2.45) is 0 Å². The van der Waals surface area contributed by atoms with Crippen LogP contribution in [0.5, 0.6) is 0 Å². The van der Waals surface area contributed by atoms with Gasteiger partial charge in [0.25, 0.3) is 0 Å². The summed E-state index contributed by atoms with van der Waals surface area (Å²) in [5, 5.41) is 31.6. The number of pyridine rings is 1. The van der Waals surface area contributed by atoms with E-state index in [1.807, 2.05) is 0 Å². The van der Waals surface area contributed by atoms with Crippen molar-refractivity contribution in [1.29, 1.82) is 0 Å². The van der Waals surface area contributed by atoms with Crippen molar-refractivity contribution in [3.8, 4) is 0 Å². The minimum atomic E-state index is -1.05. The monoisotopic (exact) mass is 254 g/mol. The molecule has 1 aliphatic rings. The average molecular weight is 254 g/mol. The lowest BCUT2D eigenvalue weighted by Gasteiger charge is -2.37. The van der Waals surface area contributed by atoms with E-state index < -0.39 is 18.3 Å². The molecule has 1 fully saturated rings. The first-order valence-corrected chi connectivity index (χ1v) is 5.91. The minimum absolute atomic E-state index is 0.288. The van der Waals surface area contributed by atoms with E-state index in [2.05, 4.69) is 10.3 Å². The third-order valence-corrected chi connectivity index (χ3v) is 3.22. The SMILES string of the molecule is CNc1cnccc1[C@@H]1CC(O)[C@H](O)[C@@H](CO)O1. The highest BCUT2D eigenvalue weighted by Crippen LogP contribution is 2.34. The molecule has 0 radical (unpaired) electrons. The van der Waals surface area contributed by atoms with Gasteiger partial charge in [-0.1, -0.05) is 0 Å². The van der Waals surface area contributed by atoms with Crippen molar-refractivity contribution < 1.29 is 20.1 Å². The first kappa shape index (κ1) is 13.2. The predicted molar refractivity (Wildman–Crippen MR) is 65.1 cm³/mol. The molecule has 0 saturated carbocycles. The van der Waals surface area contributed by atoms with Gasteiger partial charge in [-0.15, -0.1) is 0 Å². The van der Waals surface area contributed by atoms with E-state index in [1.165, 1.54) is 0 Å². The molecule has 0 aromatic carbocycles. The summed E-state index contributed by atoms with van der Waals surface area (Å²) in [6.07, 6.45) is 0.512. The van der Waals surface area contributed by atoms with Gasteiger partial charge in [0.15, 0.2) is 0 Å². The molecule has 1 aromatic heterocycles. The summed E-state index contributed by atoms with van der Waals surface area (Å²) >= 11 is 0. The quantitative estimate of drug-likeness (QED) is 0.590. The maximum atomic E-state index is 9.80. The largest absolute Gasteiger partial charge is 0.394 e. The molecule has 18 heavy (non-hydrogen) atoms. The fourth-order valence-corrected chi connectivity index (χ4v) is 2.20. The Morgan fingerprint density at radius 1 is 1.50 bits per heavy atom. The molecule has 1 saturated heterocycles. The predicted octanol–water partition coefficient (Wildman–Crippen LogP) is -0.333. The summed E-state index contributed by atoms with van der Waals surface area (Å²) in [5.41, 5.74) is 1.67. The number of nitrogens with zero attached hydrogens (tertiary/aromatic N) is 1. The number of aromatic nitrogens is 1. The maximum Gasteiger partial charge on any atom is 0.110 e. The number of nitrogens with one attached hydrogen (secondary N) is 1. The number of hydrogen-bond acceptors (Lipinski definition) is 6. The normalized spacial score (nSPS) is 32.2. The van der Waals surface area contributed by atoms with Gasteiger partial charge in [0.2, 0.25) is 0 Å². The van der Waals surface area contributed by atoms with Crippen LogP contribution in [-0.2, 0) is 4.74 Å². The van der Waals surface area contributed by atoms with Gasteiger partial charge in [-0.2, -0.15) is 0 Å². The maximum absolute atomic E-state index is 9.80. The Bertz CT molecular complexity index is 401. The molecule has 1 unspecified atom stereocenters. The highest BCUT2D eigenvalue weighted by atomic mass is 16.5. The van der Waals surface area contributed by atoms with Crippen LogP contribution in [0, 0.1) is 0 Å². The van der Waals surface area contributed by atoms with Crippen LogP contribution < -0.4 is 5.32 Å². The van der Waals surface area contributed by atoms with Crippen molar-refractivity contribution in [3.63, 3.8) is 0 Å². The van der Waals surface area contributed by atoms with Crippen molar-refractivity contribution in [2.75, 3.05) is 19.0 Å². The van der Waals surface area contributed by atoms with Crippen LogP contribution in [0.4, 0.5) is 5.69 Å². The van der Waals surface area contributed by atoms with Gasteiger partial charge in [-0.05, 0) is 6.07 Å². The van der Waals surface area contributed by atoms with Crippen LogP contribution >= 0.6 is 0 Å². The van der Waals surface area contributed by atoms with Gasteiger partial charge in [0.05, 0.1) is 30.7 Å². The topological polar surface area (TPSA) is 94.8 Å². The smallest absolute Gasteiger partial charge is 0.110 e. The van der Waals surface area contributed by atoms with Gasteiger partial charge in [0, 0.05) is 25.2 Å². The second-order valence-corrected chi connectivity index (χ2v) is 4.35. The highest BCUT2D eigenvalue weighted by Gasteiger charge is 2.37. The Labute approximate surface area is 105 Å². The molecule has 100 valence electrons. The molecule has 6 heteroatoms. The summed E-state index contributed by atoms with van der Waals surface area (Å²) in [5.74, 6) is 0.